The van der Waals surface area contributed by atoms with Crippen LogP contribution in [0, 0.1) is 0 Å². The molecule has 0 aliphatic heterocycles. The highest BCUT2D eigenvalue weighted by Crippen LogP contribution is 1.73. The standard InChI is InChI=1S/C5H11NO3/c1-9-4-6-3-2-5(7)8/h6H,2-4H2,1H3,(H,7,8). The Labute approximate surface area is 53.8 Å². The van der Waals surface area contributed by atoms with Crippen LogP contribution in [0.15, 0.2) is 0 Å². The van der Waals surface area contributed by atoms with Crippen LogP contribution < -0.4 is 5.32 Å². The summed E-state index contributed by atoms with van der Waals surface area (Å²) < 4.78 is 4.62. The molecular weight excluding hydrogens is 122 g/mol. The summed E-state index contributed by atoms with van der Waals surface area (Å²) in [6, 6.07) is 0. The van der Waals surface area contributed by atoms with E-state index in [0.29, 0.717) is 13.3 Å². The van der Waals surface area contributed by atoms with Crippen molar-refractivity contribution in [1.82, 2.24) is 5.32 Å². The maximum atomic E-state index is 9.88. The van der Waals surface area contributed by atoms with Gasteiger partial charge in [0.1, 0.15) is 0 Å². The number of carboxylic acid groups (broad SMARTS) is 1. The van der Waals surface area contributed by atoms with Gasteiger partial charge in [-0.25, -0.2) is 0 Å². The van der Waals surface area contributed by atoms with Gasteiger partial charge in [-0.05, 0) is 0 Å². The topological polar surface area (TPSA) is 58.6 Å². The molecule has 0 aromatic heterocycles. The quantitative estimate of drug-likeness (QED) is 0.397. The maximum Gasteiger partial charge on any atom is 0.304 e. The number of carbonyl (C=O) groups is 1. The number of carboxylic acids is 1. The molecule has 0 heterocycles. The Morgan fingerprint density at radius 2 is 2.44 bits per heavy atom. The van der Waals surface area contributed by atoms with Crippen LogP contribution >= 0.6 is 0 Å². The summed E-state index contributed by atoms with van der Waals surface area (Å²) in [6.07, 6.45) is 0.142. The van der Waals surface area contributed by atoms with Crippen molar-refractivity contribution in [1.29, 1.82) is 0 Å². The molecular formula is C5H11NO3. The molecule has 2 N–H and O–H groups in total. The number of ether oxygens (including phenoxy) is 1. The molecule has 4 heteroatoms. The van der Waals surface area contributed by atoms with Crippen LogP contribution in [0.2, 0.25) is 0 Å². The van der Waals surface area contributed by atoms with E-state index in [9.17, 15) is 4.79 Å². The fourth-order valence-electron chi connectivity index (χ4n) is 0.370. The lowest BCUT2D eigenvalue weighted by Gasteiger charge is -1.98. The van der Waals surface area contributed by atoms with Gasteiger partial charge in [0.05, 0.1) is 13.2 Å². The van der Waals surface area contributed by atoms with Crippen LogP contribution in [-0.2, 0) is 9.53 Å². The van der Waals surface area contributed by atoms with Crippen molar-refractivity contribution in [2.75, 3.05) is 20.4 Å². The minimum Gasteiger partial charge on any atom is -0.481 e. The van der Waals surface area contributed by atoms with Crippen LogP contribution in [0.1, 0.15) is 6.42 Å². The third-order valence-corrected chi connectivity index (χ3v) is 0.762. The zero-order valence-corrected chi connectivity index (χ0v) is 5.39. The van der Waals surface area contributed by atoms with Crippen LogP contribution in [-0.4, -0.2) is 31.5 Å². The molecule has 0 saturated carbocycles. The highest BCUT2D eigenvalue weighted by Gasteiger charge is 1.92. The molecule has 0 amide bonds. The van der Waals surface area contributed by atoms with E-state index in [1.54, 1.807) is 7.11 Å². The first-order chi connectivity index (χ1) is 4.27. The average molecular weight is 133 g/mol. The predicted octanol–water partition coefficient (Wildman–Crippen LogP) is -0.345. The van der Waals surface area contributed by atoms with E-state index in [4.69, 9.17) is 5.11 Å². The van der Waals surface area contributed by atoms with E-state index < -0.39 is 5.97 Å². The SMILES string of the molecule is COCNCCC(=O)O. The van der Waals surface area contributed by atoms with E-state index in [1.807, 2.05) is 0 Å². The van der Waals surface area contributed by atoms with Gasteiger partial charge in [0, 0.05) is 13.7 Å². The molecule has 0 atom stereocenters. The summed E-state index contributed by atoms with van der Waals surface area (Å²) in [5.74, 6) is -0.793. The summed E-state index contributed by atoms with van der Waals surface area (Å²) in [5, 5.41) is 10.9. The summed E-state index contributed by atoms with van der Waals surface area (Å²) in [4.78, 5) is 9.88. The second-order valence-electron chi connectivity index (χ2n) is 1.58. The van der Waals surface area contributed by atoms with E-state index in [2.05, 4.69) is 10.1 Å². The molecule has 0 rings (SSSR count). The van der Waals surface area contributed by atoms with Crippen molar-refractivity contribution in [2.24, 2.45) is 0 Å². The Morgan fingerprint density at radius 3 is 2.89 bits per heavy atom. The van der Waals surface area contributed by atoms with Crippen LogP contribution in [0.3, 0.4) is 0 Å². The van der Waals surface area contributed by atoms with Gasteiger partial charge in [-0.2, -0.15) is 0 Å². The first kappa shape index (κ1) is 8.39. The molecule has 0 aromatic rings. The number of hydrogen-bond donors (Lipinski definition) is 2. The molecule has 9 heavy (non-hydrogen) atoms. The molecule has 0 aliphatic rings. The molecule has 0 radical (unpaired) electrons. The average Bonchev–Trinajstić information content (AvgIpc) is 1.80. The lowest BCUT2D eigenvalue weighted by atomic mass is 10.4. The van der Waals surface area contributed by atoms with E-state index in [0.717, 1.165) is 0 Å². The first-order valence-electron chi connectivity index (χ1n) is 2.69. The third-order valence-electron chi connectivity index (χ3n) is 0.762. The Bertz CT molecular complexity index is 84.3. The number of methoxy groups -OCH3 is 1. The minimum atomic E-state index is -0.793. The molecule has 0 aromatic carbocycles. The van der Waals surface area contributed by atoms with Gasteiger partial charge in [-0.1, -0.05) is 0 Å². The van der Waals surface area contributed by atoms with Gasteiger partial charge < -0.3 is 9.84 Å². The monoisotopic (exact) mass is 133 g/mol. The zero-order valence-electron chi connectivity index (χ0n) is 5.39. The molecule has 54 valence electrons. The molecule has 0 aliphatic carbocycles. The zero-order chi connectivity index (χ0) is 7.11. The van der Waals surface area contributed by atoms with E-state index in [1.165, 1.54) is 0 Å². The molecule has 0 bridgehead atoms. The van der Waals surface area contributed by atoms with Crippen molar-refractivity contribution < 1.29 is 14.6 Å². The van der Waals surface area contributed by atoms with Crippen molar-refractivity contribution in [3.05, 3.63) is 0 Å². The van der Waals surface area contributed by atoms with Gasteiger partial charge in [-0.3, -0.25) is 10.1 Å². The van der Waals surface area contributed by atoms with Crippen molar-refractivity contribution in [2.45, 2.75) is 6.42 Å². The number of aliphatic carboxylic acids is 1. The van der Waals surface area contributed by atoms with Gasteiger partial charge in [-0.15, -0.1) is 0 Å². The van der Waals surface area contributed by atoms with Crippen LogP contribution in [0.25, 0.3) is 0 Å². The minimum absolute atomic E-state index is 0.142. The fraction of sp³-hybridized carbons (Fsp3) is 0.800. The summed E-state index contributed by atoms with van der Waals surface area (Å²) in [5.41, 5.74) is 0. The Balaban J connectivity index is 2.83. The second kappa shape index (κ2) is 5.53. The highest BCUT2D eigenvalue weighted by molar-refractivity contribution is 5.66. The lowest BCUT2D eigenvalue weighted by Crippen LogP contribution is -2.20. The van der Waals surface area contributed by atoms with Crippen molar-refractivity contribution >= 4 is 5.97 Å². The second-order valence-corrected chi connectivity index (χ2v) is 1.58. The van der Waals surface area contributed by atoms with E-state index >= 15 is 0 Å². The Kier molecular flexibility index (Phi) is 5.15. The lowest BCUT2D eigenvalue weighted by molar-refractivity contribution is -0.136. The maximum absolute atomic E-state index is 9.88. The smallest absolute Gasteiger partial charge is 0.304 e. The molecule has 0 fully saturated rings. The Morgan fingerprint density at radius 1 is 1.78 bits per heavy atom. The summed E-state index contributed by atoms with van der Waals surface area (Å²) in [6.45, 7) is 0.871. The summed E-state index contributed by atoms with van der Waals surface area (Å²) >= 11 is 0. The summed E-state index contributed by atoms with van der Waals surface area (Å²) in [7, 11) is 1.55. The van der Waals surface area contributed by atoms with Gasteiger partial charge >= 0.3 is 5.97 Å². The molecule has 4 nitrogen and oxygen atoms in total. The van der Waals surface area contributed by atoms with Crippen molar-refractivity contribution in [3.63, 3.8) is 0 Å². The molecule has 0 spiro atoms. The molecule has 0 saturated heterocycles. The van der Waals surface area contributed by atoms with E-state index in [-0.39, 0.29) is 6.42 Å². The van der Waals surface area contributed by atoms with Gasteiger partial charge in [0.2, 0.25) is 0 Å². The van der Waals surface area contributed by atoms with Gasteiger partial charge in [0.15, 0.2) is 0 Å². The van der Waals surface area contributed by atoms with Crippen molar-refractivity contribution in [3.8, 4) is 0 Å². The third kappa shape index (κ3) is 7.39. The van der Waals surface area contributed by atoms with Crippen LogP contribution in [0.4, 0.5) is 0 Å². The highest BCUT2D eigenvalue weighted by atomic mass is 16.5. The number of rotatable bonds is 5. The first-order valence-corrected chi connectivity index (χ1v) is 2.69. The number of nitrogens with one attached hydrogen (secondary N) is 1. The fourth-order valence-corrected chi connectivity index (χ4v) is 0.370. The van der Waals surface area contributed by atoms with Gasteiger partial charge in [0.25, 0.3) is 0 Å². The number of hydrogen-bond acceptors (Lipinski definition) is 3. The Hall–Kier alpha value is -0.610. The normalized spacial score (nSPS) is 9.44. The van der Waals surface area contributed by atoms with Crippen LogP contribution in [0.5, 0.6) is 0 Å². The largest absolute Gasteiger partial charge is 0.481 e. The predicted molar refractivity (Wildman–Crippen MR) is 32.1 cm³/mol. The molecule has 0 unspecified atom stereocenters.